The van der Waals surface area contributed by atoms with Crippen LogP contribution in [-0.4, -0.2) is 36.8 Å². The predicted molar refractivity (Wildman–Crippen MR) is 120 cm³/mol. The maximum absolute atomic E-state index is 13.0. The van der Waals surface area contributed by atoms with Crippen LogP contribution in [0.25, 0.3) is 0 Å². The lowest BCUT2D eigenvalue weighted by atomic mass is 10.1. The van der Waals surface area contributed by atoms with E-state index in [0.717, 1.165) is 4.90 Å². The number of nitrogens with zero attached hydrogens (tertiary/aromatic N) is 1. The highest BCUT2D eigenvalue weighted by Gasteiger charge is 2.35. The molecule has 0 fully saturated rings. The second kappa shape index (κ2) is 8.72. The summed E-state index contributed by atoms with van der Waals surface area (Å²) in [5.74, 6) is -0.391. The largest absolute Gasteiger partial charge is 0.496 e. The number of methoxy groups -OCH3 is 2. The molecule has 0 spiro atoms. The van der Waals surface area contributed by atoms with Crippen molar-refractivity contribution in [2.24, 2.45) is 0 Å². The molecular formula is C24H19ClN2O5. The summed E-state index contributed by atoms with van der Waals surface area (Å²) in [6.45, 7) is 0.0249. The number of carbonyl (C=O) groups excluding carboxylic acids is 3. The van der Waals surface area contributed by atoms with Crippen LogP contribution in [0.2, 0.25) is 5.02 Å². The van der Waals surface area contributed by atoms with Crippen LogP contribution in [0.15, 0.2) is 60.7 Å². The molecule has 1 heterocycles. The normalized spacial score (nSPS) is 12.5. The second-order valence-electron chi connectivity index (χ2n) is 7.08. The molecule has 1 aliphatic heterocycles. The minimum absolute atomic E-state index is 0.0249. The van der Waals surface area contributed by atoms with Crippen molar-refractivity contribution >= 4 is 35.0 Å². The van der Waals surface area contributed by atoms with Gasteiger partial charge in [-0.3, -0.25) is 19.3 Å². The monoisotopic (exact) mass is 450 g/mol. The number of hydrogen-bond donors (Lipinski definition) is 1. The molecule has 0 saturated carbocycles. The molecule has 0 atom stereocenters. The van der Waals surface area contributed by atoms with Crippen molar-refractivity contribution in [2.75, 3.05) is 19.5 Å². The van der Waals surface area contributed by atoms with E-state index >= 15 is 0 Å². The summed E-state index contributed by atoms with van der Waals surface area (Å²) in [4.78, 5) is 39.5. The Morgan fingerprint density at radius 3 is 2.16 bits per heavy atom. The van der Waals surface area contributed by atoms with Crippen molar-refractivity contribution in [2.45, 2.75) is 6.54 Å². The average Bonchev–Trinajstić information content (AvgIpc) is 3.04. The van der Waals surface area contributed by atoms with Gasteiger partial charge in [-0.2, -0.15) is 0 Å². The first-order chi connectivity index (χ1) is 15.4. The van der Waals surface area contributed by atoms with E-state index in [9.17, 15) is 14.4 Å². The summed E-state index contributed by atoms with van der Waals surface area (Å²) in [5, 5.41) is 3.21. The molecule has 0 unspecified atom stereocenters. The van der Waals surface area contributed by atoms with Crippen LogP contribution < -0.4 is 14.8 Å². The van der Waals surface area contributed by atoms with E-state index in [1.165, 1.54) is 14.2 Å². The highest BCUT2D eigenvalue weighted by molar-refractivity contribution is 6.31. The van der Waals surface area contributed by atoms with Gasteiger partial charge < -0.3 is 14.8 Å². The predicted octanol–water partition coefficient (Wildman–Crippen LogP) is 4.41. The molecule has 8 heteroatoms. The number of halogens is 1. The first-order valence-electron chi connectivity index (χ1n) is 9.70. The molecule has 162 valence electrons. The van der Waals surface area contributed by atoms with Crippen molar-refractivity contribution in [3.05, 3.63) is 87.9 Å². The van der Waals surface area contributed by atoms with E-state index in [-0.39, 0.29) is 23.9 Å². The SMILES string of the molecule is COc1ccc(Cl)cc1NC(=O)c1cc(CN2C(=O)c3ccccc3C2=O)ccc1OC. The van der Waals surface area contributed by atoms with E-state index in [1.807, 2.05) is 0 Å². The van der Waals surface area contributed by atoms with Crippen molar-refractivity contribution in [1.82, 2.24) is 4.90 Å². The van der Waals surface area contributed by atoms with Crippen LogP contribution >= 0.6 is 11.6 Å². The first kappa shape index (κ1) is 21.4. The van der Waals surface area contributed by atoms with Gasteiger partial charge in [0, 0.05) is 5.02 Å². The Kier molecular flexibility index (Phi) is 5.83. The number of benzene rings is 3. The first-order valence-corrected chi connectivity index (χ1v) is 10.1. The Morgan fingerprint density at radius 1 is 0.906 bits per heavy atom. The molecule has 1 N–H and O–H groups in total. The third-order valence-corrected chi connectivity index (χ3v) is 5.37. The molecule has 4 rings (SSSR count). The Morgan fingerprint density at radius 2 is 1.53 bits per heavy atom. The smallest absolute Gasteiger partial charge is 0.261 e. The van der Waals surface area contributed by atoms with Crippen LogP contribution in [0.3, 0.4) is 0 Å². The van der Waals surface area contributed by atoms with E-state index in [2.05, 4.69) is 5.32 Å². The van der Waals surface area contributed by atoms with Gasteiger partial charge in [0.15, 0.2) is 0 Å². The van der Waals surface area contributed by atoms with Crippen LogP contribution in [0.4, 0.5) is 5.69 Å². The zero-order chi connectivity index (χ0) is 22.8. The molecule has 0 saturated heterocycles. The minimum Gasteiger partial charge on any atom is -0.496 e. The highest BCUT2D eigenvalue weighted by Crippen LogP contribution is 2.30. The number of amides is 3. The van der Waals surface area contributed by atoms with Crippen molar-refractivity contribution < 1.29 is 23.9 Å². The van der Waals surface area contributed by atoms with Gasteiger partial charge in [-0.1, -0.05) is 29.8 Å². The maximum Gasteiger partial charge on any atom is 0.261 e. The van der Waals surface area contributed by atoms with Gasteiger partial charge in [-0.15, -0.1) is 0 Å². The number of fused-ring (bicyclic) bond motifs is 1. The lowest BCUT2D eigenvalue weighted by Gasteiger charge is -2.16. The molecule has 3 amide bonds. The topological polar surface area (TPSA) is 84.9 Å². The number of hydrogen-bond acceptors (Lipinski definition) is 5. The fourth-order valence-corrected chi connectivity index (χ4v) is 3.74. The third kappa shape index (κ3) is 3.90. The summed E-state index contributed by atoms with van der Waals surface area (Å²) in [7, 11) is 2.94. The van der Waals surface area contributed by atoms with Gasteiger partial charge in [0.25, 0.3) is 17.7 Å². The molecule has 0 radical (unpaired) electrons. The number of carbonyl (C=O) groups is 3. The molecular weight excluding hydrogens is 432 g/mol. The molecule has 0 aliphatic carbocycles. The summed E-state index contributed by atoms with van der Waals surface area (Å²) < 4.78 is 10.6. The Bertz CT molecular complexity index is 1210. The van der Waals surface area contributed by atoms with Crippen molar-refractivity contribution in [3.8, 4) is 11.5 Å². The lowest BCUT2D eigenvalue weighted by molar-refractivity contribution is 0.0642. The van der Waals surface area contributed by atoms with Crippen LogP contribution in [0.5, 0.6) is 11.5 Å². The Hall–Kier alpha value is -3.84. The summed E-state index contributed by atoms with van der Waals surface area (Å²) >= 11 is 6.05. The minimum atomic E-state index is -0.452. The molecule has 7 nitrogen and oxygen atoms in total. The number of nitrogens with one attached hydrogen (secondary N) is 1. The van der Waals surface area contributed by atoms with E-state index in [1.54, 1.807) is 60.7 Å². The fourth-order valence-electron chi connectivity index (χ4n) is 3.56. The van der Waals surface area contributed by atoms with Crippen LogP contribution in [0.1, 0.15) is 36.6 Å². The van der Waals surface area contributed by atoms with Gasteiger partial charge in [-0.25, -0.2) is 0 Å². The maximum atomic E-state index is 13.0. The average molecular weight is 451 g/mol. The Balaban J connectivity index is 1.61. The van der Waals surface area contributed by atoms with Crippen molar-refractivity contribution in [3.63, 3.8) is 0 Å². The second-order valence-corrected chi connectivity index (χ2v) is 7.51. The van der Waals surface area contributed by atoms with Gasteiger partial charge >= 0.3 is 0 Å². The Labute approximate surface area is 189 Å². The van der Waals surface area contributed by atoms with Gasteiger partial charge in [-0.05, 0) is 48.0 Å². The third-order valence-electron chi connectivity index (χ3n) is 5.14. The van der Waals surface area contributed by atoms with Gasteiger partial charge in [0.1, 0.15) is 11.5 Å². The number of imide groups is 1. The van der Waals surface area contributed by atoms with Crippen LogP contribution in [-0.2, 0) is 6.54 Å². The molecule has 3 aromatic carbocycles. The zero-order valence-corrected chi connectivity index (χ0v) is 18.1. The van der Waals surface area contributed by atoms with E-state index in [4.69, 9.17) is 21.1 Å². The summed E-state index contributed by atoms with van der Waals surface area (Å²) in [6.07, 6.45) is 0. The molecule has 0 bridgehead atoms. The summed E-state index contributed by atoms with van der Waals surface area (Å²) in [6, 6.07) is 16.5. The highest BCUT2D eigenvalue weighted by atomic mass is 35.5. The fraction of sp³-hybridized carbons (Fsp3) is 0.125. The molecule has 32 heavy (non-hydrogen) atoms. The number of anilines is 1. The van der Waals surface area contributed by atoms with Gasteiger partial charge in [0.05, 0.1) is 43.1 Å². The van der Waals surface area contributed by atoms with Gasteiger partial charge in [0.2, 0.25) is 0 Å². The summed E-state index contributed by atoms with van der Waals surface area (Å²) in [5.41, 5.74) is 1.99. The van der Waals surface area contributed by atoms with Crippen molar-refractivity contribution in [1.29, 1.82) is 0 Å². The number of ether oxygens (including phenoxy) is 2. The quantitative estimate of drug-likeness (QED) is 0.562. The van der Waals surface area contributed by atoms with E-state index in [0.29, 0.717) is 38.9 Å². The molecule has 3 aromatic rings. The zero-order valence-electron chi connectivity index (χ0n) is 17.3. The lowest BCUT2D eigenvalue weighted by Crippen LogP contribution is -2.29. The molecule has 1 aliphatic rings. The number of rotatable bonds is 6. The standard InChI is InChI=1S/C24H19ClN2O5/c1-31-20-9-7-14(13-27-23(29)16-5-3-4-6-17(16)24(27)30)11-18(20)22(28)26-19-12-15(25)8-10-21(19)32-2/h3-12H,13H2,1-2H3,(H,26,28). The van der Waals surface area contributed by atoms with Crippen LogP contribution in [0, 0.1) is 0 Å². The molecule has 0 aromatic heterocycles. The van der Waals surface area contributed by atoms with E-state index < -0.39 is 5.91 Å².